The molecular weight excluding hydrogens is 298 g/mol. The van der Waals surface area contributed by atoms with Crippen molar-refractivity contribution in [3.63, 3.8) is 0 Å². The van der Waals surface area contributed by atoms with Gasteiger partial charge in [-0.25, -0.2) is 9.97 Å². The van der Waals surface area contributed by atoms with Crippen LogP contribution in [0.3, 0.4) is 0 Å². The highest BCUT2D eigenvalue weighted by Crippen LogP contribution is 2.27. The molecule has 0 saturated carbocycles. The Labute approximate surface area is 111 Å². The molecule has 0 amide bonds. The van der Waals surface area contributed by atoms with Crippen molar-refractivity contribution in [2.45, 2.75) is 0 Å². The van der Waals surface area contributed by atoms with E-state index in [9.17, 15) is 0 Å². The minimum Gasteiger partial charge on any atom is -0.339 e. The molecular formula is C12H8BrN3S. The maximum atomic E-state index is 4.17. The highest BCUT2D eigenvalue weighted by atomic mass is 79.9. The van der Waals surface area contributed by atoms with Crippen LogP contribution in [0.1, 0.15) is 0 Å². The average molecular weight is 306 g/mol. The predicted molar refractivity (Wildman–Crippen MR) is 74.8 cm³/mol. The van der Waals surface area contributed by atoms with E-state index >= 15 is 0 Å². The summed E-state index contributed by atoms with van der Waals surface area (Å²) in [7, 11) is 0. The fraction of sp³-hybridized carbons (Fsp3) is 0. The molecule has 0 aliphatic rings. The highest BCUT2D eigenvalue weighted by molar-refractivity contribution is 9.10. The highest BCUT2D eigenvalue weighted by Gasteiger charge is 2.02. The summed E-state index contributed by atoms with van der Waals surface area (Å²) in [5, 5.41) is 6.59. The molecule has 3 aromatic rings. The maximum absolute atomic E-state index is 4.17. The minimum atomic E-state index is 0.773. The zero-order chi connectivity index (χ0) is 11.7. The Morgan fingerprint density at radius 3 is 3.06 bits per heavy atom. The third-order valence-electron chi connectivity index (χ3n) is 2.38. The molecule has 3 nitrogen and oxygen atoms in total. The number of fused-ring (bicyclic) bond motifs is 1. The Kier molecular flexibility index (Phi) is 2.78. The summed E-state index contributed by atoms with van der Waals surface area (Å²) in [6.07, 6.45) is 3.24. The SMILES string of the molecule is Brc1cncnc1Nc1ccc2sccc2c1. The van der Waals surface area contributed by atoms with Gasteiger partial charge in [0.15, 0.2) is 0 Å². The van der Waals surface area contributed by atoms with E-state index in [1.165, 1.54) is 16.4 Å². The third kappa shape index (κ3) is 2.16. The van der Waals surface area contributed by atoms with E-state index in [1.807, 2.05) is 6.07 Å². The minimum absolute atomic E-state index is 0.773. The molecule has 1 aromatic carbocycles. The lowest BCUT2D eigenvalue weighted by molar-refractivity contribution is 1.15. The number of halogens is 1. The van der Waals surface area contributed by atoms with Gasteiger partial charge in [0.25, 0.3) is 0 Å². The van der Waals surface area contributed by atoms with Gasteiger partial charge in [0, 0.05) is 16.6 Å². The first-order valence-electron chi connectivity index (χ1n) is 5.03. The van der Waals surface area contributed by atoms with Crippen LogP contribution in [-0.4, -0.2) is 9.97 Å². The number of thiophene rings is 1. The molecule has 5 heteroatoms. The Morgan fingerprint density at radius 1 is 1.24 bits per heavy atom. The van der Waals surface area contributed by atoms with Crippen molar-refractivity contribution in [2.75, 3.05) is 5.32 Å². The lowest BCUT2D eigenvalue weighted by Crippen LogP contribution is -1.94. The molecule has 2 aromatic heterocycles. The van der Waals surface area contributed by atoms with Gasteiger partial charge < -0.3 is 5.32 Å². The van der Waals surface area contributed by atoms with Crippen molar-refractivity contribution in [3.05, 3.63) is 46.6 Å². The predicted octanol–water partition coefficient (Wildman–Crippen LogP) is 4.20. The van der Waals surface area contributed by atoms with Gasteiger partial charge in [0.1, 0.15) is 12.1 Å². The van der Waals surface area contributed by atoms with Crippen LogP contribution in [0.4, 0.5) is 11.5 Å². The van der Waals surface area contributed by atoms with Gasteiger partial charge in [-0.1, -0.05) is 0 Å². The number of hydrogen-bond donors (Lipinski definition) is 1. The number of nitrogens with zero attached hydrogens (tertiary/aromatic N) is 2. The van der Waals surface area contributed by atoms with Crippen molar-refractivity contribution < 1.29 is 0 Å². The van der Waals surface area contributed by atoms with E-state index in [2.05, 4.69) is 54.8 Å². The van der Waals surface area contributed by atoms with Crippen LogP contribution in [0, 0.1) is 0 Å². The molecule has 84 valence electrons. The first-order valence-corrected chi connectivity index (χ1v) is 6.70. The van der Waals surface area contributed by atoms with Gasteiger partial charge in [-0.15, -0.1) is 11.3 Å². The molecule has 0 bridgehead atoms. The van der Waals surface area contributed by atoms with Crippen molar-refractivity contribution in [1.29, 1.82) is 0 Å². The van der Waals surface area contributed by atoms with Gasteiger partial charge in [0.2, 0.25) is 0 Å². The molecule has 0 aliphatic carbocycles. The van der Waals surface area contributed by atoms with E-state index in [4.69, 9.17) is 0 Å². The second-order valence-electron chi connectivity index (χ2n) is 3.52. The van der Waals surface area contributed by atoms with Crippen LogP contribution >= 0.6 is 27.3 Å². The molecule has 17 heavy (non-hydrogen) atoms. The topological polar surface area (TPSA) is 37.8 Å². The monoisotopic (exact) mass is 305 g/mol. The molecule has 3 rings (SSSR count). The van der Waals surface area contributed by atoms with Crippen LogP contribution in [0.2, 0.25) is 0 Å². The number of hydrogen-bond acceptors (Lipinski definition) is 4. The quantitative estimate of drug-likeness (QED) is 0.771. The van der Waals surface area contributed by atoms with Crippen LogP contribution in [0.15, 0.2) is 46.6 Å². The van der Waals surface area contributed by atoms with Crippen LogP contribution < -0.4 is 5.32 Å². The molecule has 0 unspecified atom stereocenters. The van der Waals surface area contributed by atoms with Crippen LogP contribution in [-0.2, 0) is 0 Å². The Bertz CT molecular complexity index is 665. The Hall–Kier alpha value is -1.46. The summed E-state index contributed by atoms with van der Waals surface area (Å²) >= 11 is 5.15. The van der Waals surface area contributed by atoms with Crippen molar-refractivity contribution in [1.82, 2.24) is 9.97 Å². The third-order valence-corrected chi connectivity index (χ3v) is 3.86. The largest absolute Gasteiger partial charge is 0.339 e. The zero-order valence-electron chi connectivity index (χ0n) is 8.72. The van der Waals surface area contributed by atoms with Crippen molar-refractivity contribution in [3.8, 4) is 0 Å². The first-order chi connectivity index (χ1) is 8.33. The van der Waals surface area contributed by atoms with E-state index in [1.54, 1.807) is 17.5 Å². The second-order valence-corrected chi connectivity index (χ2v) is 5.32. The van der Waals surface area contributed by atoms with E-state index < -0.39 is 0 Å². The summed E-state index contributed by atoms with van der Waals surface area (Å²) in [6.45, 7) is 0. The molecule has 0 aliphatic heterocycles. The van der Waals surface area contributed by atoms with Crippen molar-refractivity contribution in [2.24, 2.45) is 0 Å². The Morgan fingerprint density at radius 2 is 2.18 bits per heavy atom. The lowest BCUT2D eigenvalue weighted by atomic mass is 10.2. The maximum Gasteiger partial charge on any atom is 0.148 e. The van der Waals surface area contributed by atoms with Gasteiger partial charge in [-0.3, -0.25) is 0 Å². The standard InChI is InChI=1S/C12H8BrN3S/c13-10-6-14-7-15-12(10)16-9-1-2-11-8(5-9)3-4-17-11/h1-7H,(H,14,15,16). The van der Waals surface area contributed by atoms with Gasteiger partial charge >= 0.3 is 0 Å². The number of anilines is 2. The van der Waals surface area contributed by atoms with Crippen molar-refractivity contribution >= 4 is 48.9 Å². The first kappa shape index (κ1) is 10.7. The Balaban J connectivity index is 1.97. The lowest BCUT2D eigenvalue weighted by Gasteiger charge is -2.06. The number of nitrogens with one attached hydrogen (secondary N) is 1. The average Bonchev–Trinajstić information content (AvgIpc) is 2.79. The summed E-state index contributed by atoms with van der Waals surface area (Å²) < 4.78 is 2.14. The molecule has 1 N–H and O–H groups in total. The summed E-state index contributed by atoms with van der Waals surface area (Å²) in [4.78, 5) is 8.11. The summed E-state index contributed by atoms with van der Waals surface area (Å²) in [5.74, 6) is 0.773. The van der Waals surface area contributed by atoms with E-state index in [-0.39, 0.29) is 0 Å². The van der Waals surface area contributed by atoms with E-state index in [0.29, 0.717) is 0 Å². The molecule has 2 heterocycles. The van der Waals surface area contributed by atoms with Gasteiger partial charge in [-0.05, 0) is 51.0 Å². The van der Waals surface area contributed by atoms with Gasteiger partial charge in [0.05, 0.1) is 4.47 Å². The number of rotatable bonds is 2. The summed E-state index contributed by atoms with van der Waals surface area (Å²) in [5.41, 5.74) is 1.02. The van der Waals surface area contributed by atoms with Crippen LogP contribution in [0.5, 0.6) is 0 Å². The number of benzene rings is 1. The molecule has 0 spiro atoms. The molecule has 0 saturated heterocycles. The molecule has 0 radical (unpaired) electrons. The van der Waals surface area contributed by atoms with E-state index in [0.717, 1.165) is 16.0 Å². The van der Waals surface area contributed by atoms with Crippen LogP contribution in [0.25, 0.3) is 10.1 Å². The smallest absolute Gasteiger partial charge is 0.148 e. The molecule has 0 fully saturated rings. The van der Waals surface area contributed by atoms with Gasteiger partial charge in [-0.2, -0.15) is 0 Å². The normalized spacial score (nSPS) is 10.6. The fourth-order valence-corrected chi connectivity index (χ4v) is 2.68. The molecule has 0 atom stereocenters. The summed E-state index contributed by atoms with van der Waals surface area (Å²) in [6, 6.07) is 8.38. The fourth-order valence-electron chi connectivity index (χ4n) is 1.59. The second kappa shape index (κ2) is 4.43. The zero-order valence-corrected chi connectivity index (χ0v) is 11.1. The number of aromatic nitrogens is 2.